The Labute approximate surface area is 146 Å². The molecule has 5 nitrogen and oxygen atoms in total. The number of amides is 1. The molecule has 1 amide bonds. The quantitative estimate of drug-likeness (QED) is 0.837. The van der Waals surface area contributed by atoms with Crippen molar-refractivity contribution >= 4 is 17.2 Å². The normalized spacial score (nSPS) is 15.2. The van der Waals surface area contributed by atoms with Gasteiger partial charge in [-0.15, -0.1) is 11.3 Å². The molecule has 0 radical (unpaired) electrons. The van der Waals surface area contributed by atoms with E-state index in [9.17, 15) is 4.79 Å². The van der Waals surface area contributed by atoms with Crippen LogP contribution in [0, 0.1) is 5.92 Å². The van der Waals surface area contributed by atoms with Crippen LogP contribution in [0.3, 0.4) is 0 Å². The molecule has 0 atom stereocenters. The van der Waals surface area contributed by atoms with E-state index in [2.05, 4.69) is 16.4 Å². The topological polar surface area (TPSA) is 60.5 Å². The van der Waals surface area contributed by atoms with E-state index in [0.29, 0.717) is 30.5 Å². The van der Waals surface area contributed by atoms with E-state index >= 15 is 0 Å². The van der Waals surface area contributed by atoms with Gasteiger partial charge in [0.05, 0.1) is 12.2 Å². The number of rotatable bonds is 7. The Balaban J connectivity index is 1.42. The lowest BCUT2D eigenvalue weighted by molar-refractivity contribution is 0.0490. The molecule has 0 aliphatic carbocycles. The van der Waals surface area contributed by atoms with E-state index in [1.54, 1.807) is 29.7 Å². The minimum atomic E-state index is -0.102. The Kier molecular flexibility index (Phi) is 6.20. The van der Waals surface area contributed by atoms with Crippen LogP contribution in [-0.4, -0.2) is 37.3 Å². The van der Waals surface area contributed by atoms with Gasteiger partial charge in [0.2, 0.25) is 5.88 Å². The van der Waals surface area contributed by atoms with Crippen molar-refractivity contribution in [3.63, 3.8) is 0 Å². The summed E-state index contributed by atoms with van der Waals surface area (Å²) in [6, 6.07) is 7.61. The molecule has 2 aromatic rings. The summed E-state index contributed by atoms with van der Waals surface area (Å²) in [4.78, 5) is 17.6. The van der Waals surface area contributed by atoms with Gasteiger partial charge in [-0.3, -0.25) is 4.79 Å². The molecular formula is C18H22N2O3S. The van der Waals surface area contributed by atoms with Crippen LogP contribution in [0.5, 0.6) is 5.88 Å². The van der Waals surface area contributed by atoms with E-state index in [1.165, 1.54) is 4.88 Å². The molecule has 24 heavy (non-hydrogen) atoms. The second-order valence-corrected chi connectivity index (χ2v) is 6.87. The molecule has 0 spiro atoms. The fraction of sp³-hybridized carbons (Fsp3) is 0.444. The highest BCUT2D eigenvalue weighted by molar-refractivity contribution is 7.09. The van der Waals surface area contributed by atoms with Gasteiger partial charge in [-0.25, -0.2) is 4.98 Å². The number of pyridine rings is 1. The van der Waals surface area contributed by atoms with Crippen LogP contribution >= 0.6 is 11.3 Å². The molecule has 2 aromatic heterocycles. The fourth-order valence-electron chi connectivity index (χ4n) is 2.57. The number of nitrogens with zero attached hydrogens (tertiary/aromatic N) is 1. The zero-order chi connectivity index (χ0) is 16.6. The van der Waals surface area contributed by atoms with E-state index in [4.69, 9.17) is 9.47 Å². The van der Waals surface area contributed by atoms with Gasteiger partial charge in [0, 0.05) is 36.9 Å². The van der Waals surface area contributed by atoms with Gasteiger partial charge in [-0.1, -0.05) is 6.07 Å². The maximum Gasteiger partial charge on any atom is 0.252 e. The van der Waals surface area contributed by atoms with Crippen LogP contribution in [0.4, 0.5) is 0 Å². The van der Waals surface area contributed by atoms with E-state index < -0.39 is 0 Å². The lowest BCUT2D eigenvalue weighted by Crippen LogP contribution is -2.25. The van der Waals surface area contributed by atoms with Gasteiger partial charge in [0.1, 0.15) is 0 Å². The highest BCUT2D eigenvalue weighted by Crippen LogP contribution is 2.16. The van der Waals surface area contributed by atoms with Gasteiger partial charge >= 0.3 is 0 Å². The van der Waals surface area contributed by atoms with Gasteiger partial charge < -0.3 is 14.8 Å². The number of ether oxygens (including phenoxy) is 2. The van der Waals surface area contributed by atoms with Crippen molar-refractivity contribution in [2.75, 3.05) is 26.4 Å². The average Bonchev–Trinajstić information content (AvgIpc) is 3.15. The Morgan fingerprint density at radius 2 is 2.21 bits per heavy atom. The summed E-state index contributed by atoms with van der Waals surface area (Å²) >= 11 is 1.70. The first kappa shape index (κ1) is 16.9. The molecule has 0 bridgehead atoms. The van der Waals surface area contributed by atoms with Crippen molar-refractivity contribution in [3.05, 3.63) is 46.3 Å². The van der Waals surface area contributed by atoms with Crippen LogP contribution in [0.1, 0.15) is 28.1 Å². The van der Waals surface area contributed by atoms with Gasteiger partial charge in [-0.2, -0.15) is 0 Å². The van der Waals surface area contributed by atoms with Crippen molar-refractivity contribution < 1.29 is 14.3 Å². The minimum absolute atomic E-state index is 0.102. The predicted octanol–water partition coefficient (Wildman–Crippen LogP) is 2.92. The molecule has 3 rings (SSSR count). The lowest BCUT2D eigenvalue weighted by Gasteiger charge is -2.21. The maximum atomic E-state index is 12.1. The third-order valence-electron chi connectivity index (χ3n) is 4.04. The first-order valence-corrected chi connectivity index (χ1v) is 9.16. The largest absolute Gasteiger partial charge is 0.477 e. The summed E-state index contributed by atoms with van der Waals surface area (Å²) in [5.74, 6) is 0.993. The molecule has 0 aromatic carbocycles. The summed E-state index contributed by atoms with van der Waals surface area (Å²) in [7, 11) is 0. The summed E-state index contributed by atoms with van der Waals surface area (Å²) in [6.07, 6.45) is 4.48. The standard InChI is InChI=1S/C18H22N2O3S/c21-18(19-8-5-16-2-1-11-24-16)15-3-4-17(20-12-15)23-13-14-6-9-22-10-7-14/h1-4,11-12,14H,5-10,13H2,(H,19,21). The molecule has 1 aliphatic rings. The Morgan fingerprint density at radius 3 is 2.92 bits per heavy atom. The molecule has 0 unspecified atom stereocenters. The van der Waals surface area contributed by atoms with Gasteiger partial charge in [0.15, 0.2) is 0 Å². The monoisotopic (exact) mass is 346 g/mol. The number of hydrogen-bond donors (Lipinski definition) is 1. The van der Waals surface area contributed by atoms with Crippen molar-refractivity contribution in [1.82, 2.24) is 10.3 Å². The molecule has 1 fully saturated rings. The second-order valence-electron chi connectivity index (χ2n) is 5.84. The van der Waals surface area contributed by atoms with Crippen LogP contribution in [0.2, 0.25) is 0 Å². The Hall–Kier alpha value is -1.92. The number of carbonyl (C=O) groups excluding carboxylic acids is 1. The molecule has 1 N–H and O–H groups in total. The molecular weight excluding hydrogens is 324 g/mol. The molecule has 128 valence electrons. The number of nitrogens with one attached hydrogen (secondary N) is 1. The summed E-state index contributed by atoms with van der Waals surface area (Å²) in [6.45, 7) is 2.90. The highest BCUT2D eigenvalue weighted by Gasteiger charge is 2.14. The fourth-order valence-corrected chi connectivity index (χ4v) is 3.28. The van der Waals surface area contributed by atoms with E-state index in [1.807, 2.05) is 11.4 Å². The van der Waals surface area contributed by atoms with Crippen molar-refractivity contribution in [3.8, 4) is 5.88 Å². The van der Waals surface area contributed by atoms with Crippen molar-refractivity contribution in [2.24, 2.45) is 5.92 Å². The third-order valence-corrected chi connectivity index (χ3v) is 4.98. The smallest absolute Gasteiger partial charge is 0.252 e. The molecule has 6 heteroatoms. The Morgan fingerprint density at radius 1 is 1.33 bits per heavy atom. The Bertz CT molecular complexity index is 622. The molecule has 1 saturated heterocycles. The zero-order valence-corrected chi connectivity index (χ0v) is 14.4. The number of thiophene rings is 1. The minimum Gasteiger partial charge on any atom is -0.477 e. The summed E-state index contributed by atoms with van der Waals surface area (Å²) in [5.41, 5.74) is 0.555. The highest BCUT2D eigenvalue weighted by atomic mass is 32.1. The van der Waals surface area contributed by atoms with Crippen LogP contribution in [-0.2, 0) is 11.2 Å². The van der Waals surface area contributed by atoms with E-state index in [0.717, 1.165) is 32.5 Å². The maximum absolute atomic E-state index is 12.1. The van der Waals surface area contributed by atoms with Gasteiger partial charge in [-0.05, 0) is 42.7 Å². The molecule has 1 aliphatic heterocycles. The van der Waals surface area contributed by atoms with Crippen LogP contribution < -0.4 is 10.1 Å². The summed E-state index contributed by atoms with van der Waals surface area (Å²) in [5, 5.41) is 4.96. The SMILES string of the molecule is O=C(NCCc1cccs1)c1ccc(OCC2CCOCC2)nc1. The number of aromatic nitrogens is 1. The van der Waals surface area contributed by atoms with Crippen LogP contribution in [0.15, 0.2) is 35.8 Å². The molecule has 3 heterocycles. The van der Waals surface area contributed by atoms with Crippen molar-refractivity contribution in [1.29, 1.82) is 0 Å². The third kappa shape index (κ3) is 5.04. The first-order valence-electron chi connectivity index (χ1n) is 8.28. The number of hydrogen-bond acceptors (Lipinski definition) is 5. The van der Waals surface area contributed by atoms with E-state index in [-0.39, 0.29) is 5.91 Å². The molecule has 0 saturated carbocycles. The number of carbonyl (C=O) groups is 1. The summed E-state index contributed by atoms with van der Waals surface area (Å²) < 4.78 is 11.0. The predicted molar refractivity (Wildman–Crippen MR) is 93.6 cm³/mol. The average molecular weight is 346 g/mol. The lowest BCUT2D eigenvalue weighted by atomic mass is 10.0. The second kappa shape index (κ2) is 8.80. The van der Waals surface area contributed by atoms with Crippen LogP contribution in [0.25, 0.3) is 0 Å². The first-order chi connectivity index (χ1) is 11.8. The van der Waals surface area contributed by atoms with Gasteiger partial charge in [0.25, 0.3) is 5.91 Å². The zero-order valence-electron chi connectivity index (χ0n) is 13.6. The van der Waals surface area contributed by atoms with Crippen molar-refractivity contribution in [2.45, 2.75) is 19.3 Å².